The van der Waals surface area contributed by atoms with Gasteiger partial charge in [-0.2, -0.15) is 18.2 Å². The van der Waals surface area contributed by atoms with Gasteiger partial charge in [0.05, 0.1) is 5.52 Å². The van der Waals surface area contributed by atoms with Gasteiger partial charge in [0.1, 0.15) is 11.6 Å². The van der Waals surface area contributed by atoms with Gasteiger partial charge in [-0.15, -0.1) is 0 Å². The number of aromatic nitrogens is 2. The van der Waals surface area contributed by atoms with Crippen LogP contribution in [0.4, 0.5) is 24.9 Å². The second-order valence-electron chi connectivity index (χ2n) is 4.72. The van der Waals surface area contributed by atoms with Crippen molar-refractivity contribution in [1.29, 1.82) is 0 Å². The molecule has 0 aliphatic carbocycles. The van der Waals surface area contributed by atoms with Crippen LogP contribution in [0.1, 0.15) is 17.1 Å². The molecule has 3 aromatic rings. The minimum atomic E-state index is -4.51. The molecule has 0 radical (unpaired) electrons. The van der Waals surface area contributed by atoms with Crippen LogP contribution in [0.15, 0.2) is 34.7 Å². The van der Waals surface area contributed by atoms with Crippen LogP contribution in [-0.2, 0) is 12.6 Å². The van der Waals surface area contributed by atoms with Gasteiger partial charge in [0.2, 0.25) is 11.7 Å². The minimum absolute atomic E-state index is 0.0412. The molecule has 2 heterocycles. The zero-order chi connectivity index (χ0) is 15.9. The molecule has 2 aromatic heterocycles. The highest BCUT2D eigenvalue weighted by Gasteiger charge is 2.34. The lowest BCUT2D eigenvalue weighted by molar-refractivity contribution is -0.153. The van der Waals surface area contributed by atoms with Crippen LogP contribution < -0.4 is 11.5 Å². The molecule has 0 unspecified atom stereocenters. The average Bonchev–Trinajstić information content (AvgIpc) is 2.86. The molecule has 114 valence electrons. The van der Waals surface area contributed by atoms with Crippen LogP contribution in [-0.4, -0.2) is 9.97 Å². The standard InChI is InChI=1S/C14H11F3N4O/c15-14(16,17)10-5-4-8(22-10)6-7-2-1-3-9-11(7)12(18)21-13(19)20-9/h1-5H,6H2,(H4,18,19,20,21). The Morgan fingerprint density at radius 1 is 1.05 bits per heavy atom. The fourth-order valence-corrected chi connectivity index (χ4v) is 2.26. The molecule has 0 bridgehead atoms. The Morgan fingerprint density at radius 3 is 2.50 bits per heavy atom. The molecule has 22 heavy (non-hydrogen) atoms. The fraction of sp³-hybridized carbons (Fsp3) is 0.143. The summed E-state index contributed by atoms with van der Waals surface area (Å²) in [7, 11) is 0. The number of alkyl halides is 3. The summed E-state index contributed by atoms with van der Waals surface area (Å²) < 4.78 is 42.5. The maximum Gasteiger partial charge on any atom is 0.449 e. The number of benzene rings is 1. The van der Waals surface area contributed by atoms with E-state index >= 15 is 0 Å². The van der Waals surface area contributed by atoms with E-state index in [1.165, 1.54) is 6.07 Å². The van der Waals surface area contributed by atoms with Crippen LogP contribution in [0.3, 0.4) is 0 Å². The molecule has 0 saturated carbocycles. The number of anilines is 2. The Morgan fingerprint density at radius 2 is 1.82 bits per heavy atom. The summed E-state index contributed by atoms with van der Waals surface area (Å²) in [4.78, 5) is 7.94. The molecule has 0 atom stereocenters. The third-order valence-corrected chi connectivity index (χ3v) is 3.16. The Kier molecular flexibility index (Phi) is 3.16. The lowest BCUT2D eigenvalue weighted by Crippen LogP contribution is -2.03. The van der Waals surface area contributed by atoms with E-state index in [0.29, 0.717) is 16.5 Å². The SMILES string of the molecule is Nc1nc(N)c2c(Cc3ccc(C(F)(F)F)o3)cccc2n1. The Hall–Kier alpha value is -2.77. The Labute approximate surface area is 122 Å². The highest BCUT2D eigenvalue weighted by Crippen LogP contribution is 2.32. The topological polar surface area (TPSA) is 91.0 Å². The van der Waals surface area contributed by atoms with Crippen molar-refractivity contribution in [3.8, 4) is 0 Å². The summed E-state index contributed by atoms with van der Waals surface area (Å²) in [6.07, 6.45) is -4.36. The second-order valence-corrected chi connectivity index (χ2v) is 4.72. The van der Waals surface area contributed by atoms with E-state index in [1.54, 1.807) is 18.2 Å². The van der Waals surface area contributed by atoms with Crippen molar-refractivity contribution >= 4 is 22.7 Å². The summed E-state index contributed by atoms with van der Waals surface area (Å²) in [5.41, 5.74) is 12.6. The van der Waals surface area contributed by atoms with Gasteiger partial charge in [0.15, 0.2) is 0 Å². The van der Waals surface area contributed by atoms with Crippen molar-refractivity contribution in [3.05, 3.63) is 47.4 Å². The summed E-state index contributed by atoms with van der Waals surface area (Å²) in [5.74, 6) is -0.632. The number of furan rings is 1. The van der Waals surface area contributed by atoms with E-state index in [-0.39, 0.29) is 23.9 Å². The Bertz CT molecular complexity index is 842. The minimum Gasteiger partial charge on any atom is -0.456 e. The van der Waals surface area contributed by atoms with Gasteiger partial charge in [-0.3, -0.25) is 0 Å². The number of nitrogens with two attached hydrogens (primary N) is 2. The smallest absolute Gasteiger partial charge is 0.449 e. The molecular formula is C14H11F3N4O. The van der Waals surface area contributed by atoms with Crippen molar-refractivity contribution in [2.75, 3.05) is 11.5 Å². The zero-order valence-electron chi connectivity index (χ0n) is 11.2. The molecule has 0 saturated heterocycles. The van der Waals surface area contributed by atoms with E-state index in [9.17, 15) is 13.2 Å². The molecule has 3 rings (SSSR count). The molecule has 5 nitrogen and oxygen atoms in total. The first kappa shape index (κ1) is 14.2. The van der Waals surface area contributed by atoms with E-state index in [0.717, 1.165) is 6.07 Å². The highest BCUT2D eigenvalue weighted by molar-refractivity contribution is 5.92. The molecule has 0 spiro atoms. The number of hydrogen-bond acceptors (Lipinski definition) is 5. The first-order chi connectivity index (χ1) is 10.3. The van der Waals surface area contributed by atoms with Crippen LogP contribution >= 0.6 is 0 Å². The van der Waals surface area contributed by atoms with Gasteiger partial charge < -0.3 is 15.9 Å². The summed E-state index contributed by atoms with van der Waals surface area (Å²) >= 11 is 0. The summed E-state index contributed by atoms with van der Waals surface area (Å²) in [6.45, 7) is 0. The number of fused-ring (bicyclic) bond motifs is 1. The molecular weight excluding hydrogens is 297 g/mol. The number of nitrogens with zero attached hydrogens (tertiary/aromatic N) is 2. The third-order valence-electron chi connectivity index (χ3n) is 3.16. The predicted octanol–water partition coefficient (Wildman–Crippen LogP) is 3.00. The van der Waals surface area contributed by atoms with Crippen molar-refractivity contribution in [3.63, 3.8) is 0 Å². The Balaban J connectivity index is 2.03. The van der Waals surface area contributed by atoms with Crippen LogP contribution in [0, 0.1) is 0 Å². The molecule has 0 amide bonds. The number of rotatable bonds is 2. The fourth-order valence-electron chi connectivity index (χ4n) is 2.26. The van der Waals surface area contributed by atoms with E-state index in [4.69, 9.17) is 15.9 Å². The van der Waals surface area contributed by atoms with Crippen molar-refractivity contribution < 1.29 is 17.6 Å². The molecule has 4 N–H and O–H groups in total. The normalized spacial score (nSPS) is 12.0. The van der Waals surface area contributed by atoms with E-state index in [1.807, 2.05) is 0 Å². The maximum absolute atomic E-state index is 12.6. The van der Waals surface area contributed by atoms with Crippen LogP contribution in [0.25, 0.3) is 10.9 Å². The number of halogens is 3. The van der Waals surface area contributed by atoms with Crippen molar-refractivity contribution in [2.45, 2.75) is 12.6 Å². The quantitative estimate of drug-likeness (QED) is 0.759. The third kappa shape index (κ3) is 2.54. The van der Waals surface area contributed by atoms with Gasteiger partial charge >= 0.3 is 6.18 Å². The number of nitrogen functional groups attached to an aromatic ring is 2. The van der Waals surface area contributed by atoms with Crippen molar-refractivity contribution in [1.82, 2.24) is 9.97 Å². The predicted molar refractivity (Wildman–Crippen MR) is 74.9 cm³/mol. The van der Waals surface area contributed by atoms with Crippen LogP contribution in [0.2, 0.25) is 0 Å². The lowest BCUT2D eigenvalue weighted by Gasteiger charge is -2.08. The van der Waals surface area contributed by atoms with Gasteiger partial charge in [0, 0.05) is 11.8 Å². The monoisotopic (exact) mass is 308 g/mol. The average molecular weight is 308 g/mol. The highest BCUT2D eigenvalue weighted by atomic mass is 19.4. The number of hydrogen-bond donors (Lipinski definition) is 2. The molecule has 8 heteroatoms. The summed E-state index contributed by atoms with van der Waals surface area (Å²) in [5, 5.41) is 0.557. The molecule has 0 fully saturated rings. The van der Waals surface area contributed by atoms with Gasteiger partial charge in [-0.25, -0.2) is 4.98 Å². The second kappa shape index (κ2) is 4.90. The first-order valence-corrected chi connectivity index (χ1v) is 6.31. The molecule has 0 aliphatic heterocycles. The van der Waals surface area contributed by atoms with Gasteiger partial charge in [-0.1, -0.05) is 12.1 Å². The lowest BCUT2D eigenvalue weighted by atomic mass is 10.0. The molecule has 0 aliphatic rings. The maximum atomic E-state index is 12.6. The van der Waals surface area contributed by atoms with E-state index in [2.05, 4.69) is 9.97 Å². The van der Waals surface area contributed by atoms with Crippen LogP contribution in [0.5, 0.6) is 0 Å². The van der Waals surface area contributed by atoms with Crippen molar-refractivity contribution in [2.24, 2.45) is 0 Å². The molecule has 1 aromatic carbocycles. The first-order valence-electron chi connectivity index (χ1n) is 6.31. The van der Waals surface area contributed by atoms with Gasteiger partial charge in [0.25, 0.3) is 0 Å². The van der Waals surface area contributed by atoms with E-state index < -0.39 is 11.9 Å². The van der Waals surface area contributed by atoms with Gasteiger partial charge in [-0.05, 0) is 23.8 Å². The largest absolute Gasteiger partial charge is 0.456 e. The zero-order valence-corrected chi connectivity index (χ0v) is 11.2. The summed E-state index contributed by atoms with van der Waals surface area (Å²) in [6, 6.07) is 7.34.